The Morgan fingerprint density at radius 3 is 2.70 bits per heavy atom. The Hall–Kier alpha value is -1.13. The van der Waals surface area contributed by atoms with E-state index in [4.69, 9.17) is 10.5 Å². The van der Waals surface area contributed by atoms with Gasteiger partial charge in [-0.25, -0.2) is 0 Å². The molecular weight excluding hydrogens is 334 g/mol. The second-order valence-electron chi connectivity index (χ2n) is 4.65. The SMILES string of the molecule is Cc1ccc(C)c(OCCSc2ccc(Br)cc2N)c1. The lowest BCUT2D eigenvalue weighted by atomic mass is 10.1. The summed E-state index contributed by atoms with van der Waals surface area (Å²) in [7, 11) is 0. The van der Waals surface area contributed by atoms with Crippen LogP contribution in [0, 0.1) is 13.8 Å². The first kappa shape index (κ1) is 15.3. The molecule has 0 unspecified atom stereocenters. The molecule has 106 valence electrons. The van der Waals surface area contributed by atoms with Crippen LogP contribution in [0.3, 0.4) is 0 Å². The average molecular weight is 352 g/mol. The van der Waals surface area contributed by atoms with Crippen molar-refractivity contribution < 1.29 is 4.74 Å². The average Bonchev–Trinajstić information content (AvgIpc) is 2.40. The highest BCUT2D eigenvalue weighted by Gasteiger charge is 2.03. The van der Waals surface area contributed by atoms with Crippen molar-refractivity contribution in [1.82, 2.24) is 0 Å². The van der Waals surface area contributed by atoms with Crippen molar-refractivity contribution >= 4 is 33.4 Å². The van der Waals surface area contributed by atoms with E-state index in [1.54, 1.807) is 11.8 Å². The van der Waals surface area contributed by atoms with E-state index < -0.39 is 0 Å². The van der Waals surface area contributed by atoms with Gasteiger partial charge in [-0.3, -0.25) is 0 Å². The normalized spacial score (nSPS) is 10.6. The maximum Gasteiger partial charge on any atom is 0.122 e. The lowest BCUT2D eigenvalue weighted by Crippen LogP contribution is -2.02. The Bertz CT molecular complexity index is 601. The molecule has 0 amide bonds. The van der Waals surface area contributed by atoms with Gasteiger partial charge < -0.3 is 10.5 Å². The molecule has 20 heavy (non-hydrogen) atoms. The van der Waals surface area contributed by atoms with Gasteiger partial charge in [0.15, 0.2) is 0 Å². The molecule has 0 aromatic heterocycles. The van der Waals surface area contributed by atoms with Gasteiger partial charge in [-0.2, -0.15) is 0 Å². The number of aryl methyl sites for hydroxylation is 2. The Kier molecular flexibility index (Phi) is 5.38. The maximum absolute atomic E-state index is 5.97. The fraction of sp³-hybridized carbons (Fsp3) is 0.250. The third kappa shape index (κ3) is 4.18. The van der Waals surface area contributed by atoms with Crippen LogP contribution < -0.4 is 10.5 Å². The predicted octanol–water partition coefficient (Wildman–Crippen LogP) is 4.82. The Morgan fingerprint density at radius 1 is 1.15 bits per heavy atom. The molecule has 0 saturated carbocycles. The van der Waals surface area contributed by atoms with Gasteiger partial charge in [-0.05, 0) is 49.2 Å². The molecule has 0 aliphatic heterocycles. The number of hydrogen-bond acceptors (Lipinski definition) is 3. The number of thioether (sulfide) groups is 1. The second kappa shape index (κ2) is 7.04. The molecule has 0 saturated heterocycles. The van der Waals surface area contributed by atoms with Crippen LogP contribution >= 0.6 is 27.7 Å². The quantitative estimate of drug-likeness (QED) is 0.476. The molecule has 2 aromatic carbocycles. The van der Waals surface area contributed by atoms with E-state index in [2.05, 4.69) is 48.0 Å². The second-order valence-corrected chi connectivity index (χ2v) is 6.70. The van der Waals surface area contributed by atoms with E-state index in [0.29, 0.717) is 6.61 Å². The lowest BCUT2D eigenvalue weighted by Gasteiger charge is -2.10. The highest BCUT2D eigenvalue weighted by atomic mass is 79.9. The van der Waals surface area contributed by atoms with E-state index >= 15 is 0 Å². The Labute approximate surface area is 132 Å². The highest BCUT2D eigenvalue weighted by molar-refractivity contribution is 9.10. The molecule has 0 heterocycles. The molecule has 0 fully saturated rings. The highest BCUT2D eigenvalue weighted by Crippen LogP contribution is 2.28. The van der Waals surface area contributed by atoms with Crippen molar-refractivity contribution in [1.29, 1.82) is 0 Å². The van der Waals surface area contributed by atoms with E-state index in [9.17, 15) is 0 Å². The summed E-state index contributed by atoms with van der Waals surface area (Å²) in [6, 6.07) is 12.2. The first-order valence-corrected chi connectivity index (χ1v) is 8.22. The molecule has 2 rings (SSSR count). The zero-order valence-electron chi connectivity index (χ0n) is 11.7. The number of anilines is 1. The van der Waals surface area contributed by atoms with Crippen molar-refractivity contribution in [3.8, 4) is 5.75 Å². The van der Waals surface area contributed by atoms with Crippen LogP contribution in [-0.4, -0.2) is 12.4 Å². The van der Waals surface area contributed by atoms with Crippen molar-refractivity contribution in [2.45, 2.75) is 18.7 Å². The zero-order chi connectivity index (χ0) is 14.5. The van der Waals surface area contributed by atoms with Gasteiger partial charge in [0.1, 0.15) is 5.75 Å². The number of nitrogens with two attached hydrogens (primary N) is 1. The van der Waals surface area contributed by atoms with Gasteiger partial charge in [0.2, 0.25) is 0 Å². The summed E-state index contributed by atoms with van der Waals surface area (Å²) in [6.45, 7) is 4.81. The van der Waals surface area contributed by atoms with Gasteiger partial charge in [0.05, 0.1) is 6.61 Å². The summed E-state index contributed by atoms with van der Waals surface area (Å²) in [5.41, 5.74) is 9.16. The minimum atomic E-state index is 0.671. The molecule has 0 radical (unpaired) electrons. The van der Waals surface area contributed by atoms with Gasteiger partial charge >= 0.3 is 0 Å². The fourth-order valence-electron chi connectivity index (χ4n) is 1.82. The standard InChI is InChI=1S/C16H18BrNOS/c1-11-3-4-12(2)15(9-11)19-7-8-20-16-6-5-13(17)10-14(16)18/h3-6,9-10H,7-8,18H2,1-2H3. The van der Waals surface area contributed by atoms with E-state index in [1.807, 2.05) is 18.2 Å². The molecule has 4 heteroatoms. The minimum Gasteiger partial charge on any atom is -0.492 e. The fourth-order valence-corrected chi connectivity index (χ4v) is 2.97. The third-order valence-electron chi connectivity index (χ3n) is 2.91. The summed E-state index contributed by atoms with van der Waals surface area (Å²) in [5.74, 6) is 1.84. The van der Waals surface area contributed by atoms with Gasteiger partial charge in [0.25, 0.3) is 0 Å². The van der Waals surface area contributed by atoms with Crippen LogP contribution in [0.25, 0.3) is 0 Å². The van der Waals surface area contributed by atoms with Crippen molar-refractivity contribution in [3.63, 3.8) is 0 Å². The minimum absolute atomic E-state index is 0.671. The number of rotatable bonds is 5. The molecule has 0 spiro atoms. The predicted molar refractivity (Wildman–Crippen MR) is 90.7 cm³/mol. The van der Waals surface area contributed by atoms with E-state index in [1.165, 1.54) is 11.1 Å². The van der Waals surface area contributed by atoms with Crippen LogP contribution in [0.4, 0.5) is 5.69 Å². The molecule has 0 aliphatic rings. The van der Waals surface area contributed by atoms with E-state index in [0.717, 1.165) is 26.6 Å². The number of halogens is 1. The number of ether oxygens (including phenoxy) is 1. The molecule has 0 bridgehead atoms. The van der Waals surface area contributed by atoms with Gasteiger partial charge in [0, 0.05) is 20.8 Å². The van der Waals surface area contributed by atoms with Gasteiger partial charge in [-0.1, -0.05) is 28.1 Å². The smallest absolute Gasteiger partial charge is 0.122 e. The Morgan fingerprint density at radius 2 is 1.95 bits per heavy atom. The van der Waals surface area contributed by atoms with Crippen molar-refractivity contribution in [2.24, 2.45) is 0 Å². The number of hydrogen-bond donors (Lipinski definition) is 1. The van der Waals surface area contributed by atoms with Crippen LogP contribution in [0.15, 0.2) is 45.8 Å². The first-order valence-electron chi connectivity index (χ1n) is 6.44. The number of nitrogen functional groups attached to an aromatic ring is 1. The largest absolute Gasteiger partial charge is 0.492 e. The molecule has 2 N–H and O–H groups in total. The monoisotopic (exact) mass is 351 g/mol. The molecule has 0 aliphatic carbocycles. The summed E-state index contributed by atoms with van der Waals surface area (Å²) >= 11 is 5.12. The molecule has 2 nitrogen and oxygen atoms in total. The Balaban J connectivity index is 1.86. The van der Waals surface area contributed by atoms with Crippen molar-refractivity contribution in [3.05, 3.63) is 52.0 Å². The summed E-state index contributed by atoms with van der Waals surface area (Å²) in [4.78, 5) is 1.10. The van der Waals surface area contributed by atoms with E-state index in [-0.39, 0.29) is 0 Å². The molecular formula is C16H18BrNOS. The zero-order valence-corrected chi connectivity index (χ0v) is 14.1. The maximum atomic E-state index is 5.97. The van der Waals surface area contributed by atoms with Crippen LogP contribution in [-0.2, 0) is 0 Å². The summed E-state index contributed by atoms with van der Waals surface area (Å²) in [6.07, 6.45) is 0. The van der Waals surface area contributed by atoms with Gasteiger partial charge in [-0.15, -0.1) is 11.8 Å². The van der Waals surface area contributed by atoms with Crippen LogP contribution in [0.2, 0.25) is 0 Å². The lowest BCUT2D eigenvalue weighted by molar-refractivity contribution is 0.341. The van der Waals surface area contributed by atoms with Crippen molar-refractivity contribution in [2.75, 3.05) is 18.1 Å². The topological polar surface area (TPSA) is 35.2 Å². The number of benzene rings is 2. The molecule has 2 aromatic rings. The molecule has 0 atom stereocenters. The summed E-state index contributed by atoms with van der Waals surface area (Å²) < 4.78 is 6.84. The first-order chi connectivity index (χ1) is 9.56. The van der Waals surface area contributed by atoms with Crippen LogP contribution in [0.5, 0.6) is 5.75 Å². The summed E-state index contributed by atoms with van der Waals surface area (Å²) in [5, 5.41) is 0. The third-order valence-corrected chi connectivity index (χ3v) is 4.46. The van der Waals surface area contributed by atoms with Crippen LogP contribution in [0.1, 0.15) is 11.1 Å².